The highest BCUT2D eigenvalue weighted by Gasteiger charge is 2.26. The first-order valence-electron chi connectivity index (χ1n) is 11.9. The van der Waals surface area contributed by atoms with Gasteiger partial charge in [-0.05, 0) is 43.2 Å². The number of carbonyl (C=O) groups is 1. The Balaban J connectivity index is 1.21. The quantitative estimate of drug-likeness (QED) is 0.418. The van der Waals surface area contributed by atoms with E-state index in [1.54, 1.807) is 19.6 Å². The lowest BCUT2D eigenvalue weighted by molar-refractivity contribution is 0.0711. The number of aryl methyl sites for hydroxylation is 1. The molecule has 35 heavy (non-hydrogen) atoms. The number of para-hydroxylation sites is 1. The number of likely N-dealkylation sites (tertiary alicyclic amines) is 1. The number of imidazole rings is 1. The SMILES string of the molecule is COc1ccccc1Cc1ccc(C(=O)N2CCC(c3cccc(-c4cncn4C)n3)CC2)cn1. The summed E-state index contributed by atoms with van der Waals surface area (Å²) >= 11 is 0. The van der Waals surface area contributed by atoms with Crippen molar-refractivity contribution < 1.29 is 9.53 Å². The normalized spacial score (nSPS) is 14.2. The molecule has 4 aromatic rings. The van der Waals surface area contributed by atoms with Crippen LogP contribution in [-0.4, -0.2) is 50.5 Å². The minimum absolute atomic E-state index is 0.0383. The zero-order chi connectivity index (χ0) is 24.2. The van der Waals surface area contributed by atoms with E-state index in [2.05, 4.69) is 22.1 Å². The van der Waals surface area contributed by atoms with Crippen molar-refractivity contribution >= 4 is 5.91 Å². The van der Waals surface area contributed by atoms with Gasteiger partial charge in [-0.15, -0.1) is 0 Å². The van der Waals surface area contributed by atoms with Crippen molar-refractivity contribution in [1.29, 1.82) is 0 Å². The average molecular weight is 468 g/mol. The van der Waals surface area contributed by atoms with E-state index in [0.29, 0.717) is 31.0 Å². The predicted molar refractivity (Wildman–Crippen MR) is 134 cm³/mol. The van der Waals surface area contributed by atoms with Gasteiger partial charge in [-0.1, -0.05) is 24.3 Å². The topological polar surface area (TPSA) is 73.1 Å². The zero-order valence-electron chi connectivity index (χ0n) is 20.1. The molecule has 0 saturated carbocycles. The monoisotopic (exact) mass is 467 g/mol. The molecular formula is C28H29N5O2. The number of carbonyl (C=O) groups excluding carboxylic acids is 1. The van der Waals surface area contributed by atoms with Crippen LogP contribution in [0.4, 0.5) is 0 Å². The summed E-state index contributed by atoms with van der Waals surface area (Å²) in [6, 6.07) is 17.9. The summed E-state index contributed by atoms with van der Waals surface area (Å²) in [6.07, 6.45) is 7.77. The first-order chi connectivity index (χ1) is 17.1. The van der Waals surface area contributed by atoms with Crippen LogP contribution in [-0.2, 0) is 13.5 Å². The van der Waals surface area contributed by atoms with Gasteiger partial charge in [0.1, 0.15) is 5.75 Å². The number of benzene rings is 1. The third kappa shape index (κ3) is 4.94. The highest BCUT2D eigenvalue weighted by atomic mass is 16.5. The Bertz CT molecular complexity index is 1310. The summed E-state index contributed by atoms with van der Waals surface area (Å²) in [6.45, 7) is 1.42. The molecule has 0 radical (unpaired) electrons. The molecule has 0 aliphatic carbocycles. The Kier molecular flexibility index (Phi) is 6.57. The number of hydrogen-bond donors (Lipinski definition) is 0. The fraction of sp³-hybridized carbons (Fsp3) is 0.286. The predicted octanol–water partition coefficient (Wildman–Crippen LogP) is 4.50. The molecule has 1 saturated heterocycles. The third-order valence-electron chi connectivity index (χ3n) is 6.69. The highest BCUT2D eigenvalue weighted by molar-refractivity contribution is 5.94. The van der Waals surface area contributed by atoms with Crippen LogP contribution in [0.25, 0.3) is 11.4 Å². The number of pyridine rings is 2. The fourth-order valence-electron chi connectivity index (χ4n) is 4.69. The number of rotatable bonds is 6. The summed E-state index contributed by atoms with van der Waals surface area (Å²) in [5.74, 6) is 1.22. The minimum atomic E-state index is 0.0383. The second-order valence-corrected chi connectivity index (χ2v) is 8.93. The lowest BCUT2D eigenvalue weighted by Crippen LogP contribution is -2.38. The van der Waals surface area contributed by atoms with Crippen LogP contribution in [0.5, 0.6) is 5.75 Å². The molecule has 1 aliphatic rings. The summed E-state index contributed by atoms with van der Waals surface area (Å²) in [7, 11) is 3.64. The fourth-order valence-corrected chi connectivity index (χ4v) is 4.69. The second-order valence-electron chi connectivity index (χ2n) is 8.93. The van der Waals surface area contributed by atoms with Crippen LogP contribution in [0.3, 0.4) is 0 Å². The summed E-state index contributed by atoms with van der Waals surface area (Å²) in [4.78, 5) is 28.7. The zero-order valence-corrected chi connectivity index (χ0v) is 20.1. The van der Waals surface area contributed by atoms with Crippen LogP contribution in [0.2, 0.25) is 0 Å². The number of hydrogen-bond acceptors (Lipinski definition) is 5. The van der Waals surface area contributed by atoms with Gasteiger partial charge >= 0.3 is 0 Å². The van der Waals surface area contributed by atoms with E-state index < -0.39 is 0 Å². The van der Waals surface area contributed by atoms with Crippen LogP contribution < -0.4 is 4.74 Å². The van der Waals surface area contributed by atoms with E-state index in [1.165, 1.54) is 0 Å². The number of aromatic nitrogens is 4. The molecule has 1 aliphatic heterocycles. The van der Waals surface area contributed by atoms with Crippen LogP contribution in [0, 0.1) is 0 Å². The van der Waals surface area contributed by atoms with Crippen molar-refractivity contribution in [3.05, 3.63) is 95.8 Å². The van der Waals surface area contributed by atoms with E-state index in [1.807, 2.05) is 65.2 Å². The van der Waals surface area contributed by atoms with Crippen LogP contribution in [0.1, 0.15) is 46.1 Å². The Morgan fingerprint density at radius 2 is 1.86 bits per heavy atom. The Morgan fingerprint density at radius 1 is 1.03 bits per heavy atom. The molecule has 7 heteroatoms. The molecule has 0 N–H and O–H groups in total. The number of methoxy groups -OCH3 is 1. The third-order valence-corrected chi connectivity index (χ3v) is 6.69. The summed E-state index contributed by atoms with van der Waals surface area (Å²) < 4.78 is 7.41. The lowest BCUT2D eigenvalue weighted by atomic mass is 9.92. The first kappa shape index (κ1) is 22.8. The van der Waals surface area contributed by atoms with Gasteiger partial charge < -0.3 is 14.2 Å². The maximum Gasteiger partial charge on any atom is 0.255 e. The number of nitrogens with zero attached hydrogens (tertiary/aromatic N) is 5. The Hall–Kier alpha value is -4.00. The van der Waals surface area contributed by atoms with Crippen LogP contribution in [0.15, 0.2) is 73.3 Å². The van der Waals surface area contributed by atoms with Gasteiger partial charge in [0.2, 0.25) is 0 Å². The van der Waals surface area contributed by atoms with Gasteiger partial charge in [0.25, 0.3) is 5.91 Å². The van der Waals surface area contributed by atoms with Crippen LogP contribution >= 0.6 is 0 Å². The second kappa shape index (κ2) is 10.1. The average Bonchev–Trinajstić information content (AvgIpc) is 3.35. The Labute approximate surface area is 205 Å². The number of ether oxygens (including phenoxy) is 1. The standard InChI is InChI=1S/C28H29N5O2/c1-32-19-29-18-26(32)25-8-5-7-24(31-25)20-12-14-33(15-13-20)28(34)22-10-11-23(30-17-22)16-21-6-3-4-9-27(21)35-2/h3-11,17-20H,12-16H2,1-2H3. The van der Waals surface area contributed by atoms with Gasteiger partial charge in [-0.3, -0.25) is 14.8 Å². The van der Waals surface area contributed by atoms with E-state index in [0.717, 1.165) is 46.9 Å². The highest BCUT2D eigenvalue weighted by Crippen LogP contribution is 2.29. The van der Waals surface area contributed by atoms with Crippen molar-refractivity contribution in [1.82, 2.24) is 24.4 Å². The van der Waals surface area contributed by atoms with Gasteiger partial charge in [-0.2, -0.15) is 0 Å². The molecule has 1 aromatic carbocycles. The molecule has 4 heterocycles. The molecule has 7 nitrogen and oxygen atoms in total. The molecule has 5 rings (SSSR count). The maximum atomic E-state index is 13.1. The molecule has 0 bridgehead atoms. The molecule has 1 amide bonds. The van der Waals surface area contributed by atoms with Gasteiger partial charge in [0, 0.05) is 55.6 Å². The molecule has 0 spiro atoms. The van der Waals surface area contributed by atoms with Crippen molar-refractivity contribution in [2.24, 2.45) is 7.05 Å². The van der Waals surface area contributed by atoms with Crippen molar-refractivity contribution in [2.45, 2.75) is 25.2 Å². The van der Waals surface area contributed by atoms with Gasteiger partial charge in [0.05, 0.1) is 36.6 Å². The Morgan fingerprint density at radius 3 is 2.57 bits per heavy atom. The first-order valence-corrected chi connectivity index (χ1v) is 11.9. The minimum Gasteiger partial charge on any atom is -0.496 e. The van der Waals surface area contributed by atoms with E-state index >= 15 is 0 Å². The maximum absolute atomic E-state index is 13.1. The van der Waals surface area contributed by atoms with Crippen molar-refractivity contribution in [3.63, 3.8) is 0 Å². The van der Waals surface area contributed by atoms with Crippen molar-refractivity contribution in [2.75, 3.05) is 20.2 Å². The largest absolute Gasteiger partial charge is 0.496 e. The number of piperidine rings is 1. The smallest absolute Gasteiger partial charge is 0.255 e. The summed E-state index contributed by atoms with van der Waals surface area (Å²) in [5.41, 5.74) is 5.62. The number of amides is 1. The molecule has 3 aromatic heterocycles. The molecular weight excluding hydrogens is 438 g/mol. The molecule has 0 unspecified atom stereocenters. The lowest BCUT2D eigenvalue weighted by Gasteiger charge is -2.32. The van der Waals surface area contributed by atoms with Gasteiger partial charge in [-0.25, -0.2) is 4.98 Å². The van der Waals surface area contributed by atoms with E-state index in [9.17, 15) is 4.79 Å². The molecule has 1 fully saturated rings. The molecule has 178 valence electrons. The van der Waals surface area contributed by atoms with Crippen molar-refractivity contribution in [3.8, 4) is 17.1 Å². The summed E-state index contributed by atoms with van der Waals surface area (Å²) in [5, 5.41) is 0. The van der Waals surface area contributed by atoms with E-state index in [4.69, 9.17) is 9.72 Å². The van der Waals surface area contributed by atoms with Gasteiger partial charge in [0.15, 0.2) is 0 Å². The molecule has 0 atom stereocenters. The van der Waals surface area contributed by atoms with E-state index in [-0.39, 0.29) is 5.91 Å².